The van der Waals surface area contributed by atoms with Crippen molar-refractivity contribution < 1.29 is 29.6 Å². The minimum Gasteiger partial charge on any atom is -0.506 e. The van der Waals surface area contributed by atoms with E-state index in [-0.39, 0.29) is 30.1 Å². The number of aliphatic hydroxyl groups excluding tert-OH is 1. The number of aromatic hydroxyl groups is 2. The van der Waals surface area contributed by atoms with Crippen LogP contribution in [0, 0.1) is 41.5 Å². The molecule has 18 nitrogen and oxygen atoms in total. The number of fused-ring (bicyclic) bond motifs is 2. The molecule has 3 aliphatic heterocycles. The first-order valence-electron chi connectivity index (χ1n) is 30.9. The molecule has 0 radical (unpaired) electrons. The highest BCUT2D eigenvalue weighted by Gasteiger charge is 2.25. The third kappa shape index (κ3) is 17.9. The monoisotopic (exact) mass is 1170 g/mol. The number of hydrogen-bond acceptors (Lipinski definition) is 16. The van der Waals surface area contributed by atoms with Gasteiger partial charge in [-0.05, 0) is 200 Å². The highest BCUT2D eigenvalue weighted by Crippen LogP contribution is 2.30. The van der Waals surface area contributed by atoms with Crippen molar-refractivity contribution in [3.63, 3.8) is 0 Å². The molecule has 0 aliphatic carbocycles. The number of pyridine rings is 2. The Morgan fingerprint density at radius 1 is 0.581 bits per heavy atom. The van der Waals surface area contributed by atoms with Gasteiger partial charge in [-0.1, -0.05) is 24.3 Å². The molecule has 0 saturated carbocycles. The number of aliphatic hydroxyl groups is 1. The third-order valence-corrected chi connectivity index (χ3v) is 16.1. The van der Waals surface area contributed by atoms with Crippen molar-refractivity contribution >= 4 is 51.3 Å². The van der Waals surface area contributed by atoms with Gasteiger partial charge in [-0.2, -0.15) is 0 Å². The zero-order valence-electron chi connectivity index (χ0n) is 51.6. The number of imidazole rings is 2. The predicted molar refractivity (Wildman–Crippen MR) is 345 cm³/mol. The molecule has 11 rings (SSSR count). The van der Waals surface area contributed by atoms with Crippen LogP contribution in [0.5, 0.6) is 11.5 Å². The van der Waals surface area contributed by atoms with Gasteiger partial charge in [0.05, 0.1) is 48.2 Å². The van der Waals surface area contributed by atoms with Gasteiger partial charge in [0.25, 0.3) is 0 Å². The number of likely N-dealkylation sites (tertiary alicyclic amines) is 2. The molecule has 0 spiro atoms. The summed E-state index contributed by atoms with van der Waals surface area (Å²) in [6, 6.07) is 33.4. The molecule has 8 aromatic rings. The first-order valence-corrected chi connectivity index (χ1v) is 30.9. The van der Waals surface area contributed by atoms with Gasteiger partial charge in [0.2, 0.25) is 11.9 Å². The second kappa shape index (κ2) is 30.5. The summed E-state index contributed by atoms with van der Waals surface area (Å²) in [4.78, 5) is 35.7. The number of benzene rings is 4. The van der Waals surface area contributed by atoms with Gasteiger partial charge in [-0.15, -0.1) is 0 Å². The number of ether oxygens (including phenoxy) is 2. The summed E-state index contributed by atoms with van der Waals surface area (Å²) in [7, 11) is 0. The fraction of sp³-hybridized carbons (Fsp3) is 0.456. The molecule has 3 fully saturated rings. The van der Waals surface area contributed by atoms with E-state index in [1.807, 2.05) is 32.9 Å². The van der Waals surface area contributed by atoms with E-state index in [4.69, 9.17) is 24.5 Å². The Balaban J connectivity index is 0.000000190. The zero-order valence-corrected chi connectivity index (χ0v) is 51.6. The number of aryl methyl sites for hydroxylation is 6. The van der Waals surface area contributed by atoms with Crippen LogP contribution in [0.4, 0.5) is 23.3 Å². The zero-order chi connectivity index (χ0) is 60.5. The number of aromatic nitrogens is 6. The predicted octanol–water partition coefficient (Wildman–Crippen LogP) is 11.3. The number of piperidine rings is 2. The largest absolute Gasteiger partial charge is 0.506 e. The molecule has 7 heterocycles. The van der Waals surface area contributed by atoms with E-state index in [0.29, 0.717) is 56.6 Å². The third-order valence-electron chi connectivity index (χ3n) is 16.1. The standard InChI is InChI=1S/C33H42N6O3.C31H40N6O2.C4H8O/c1-5-42-32(41)12-15-38-13-10-26(11-14-38)36-33-37-28-8-7-25(20-34-27-17-22(2)16-23(3)18-27)19-30(28)39(33)21-29-31(40)9-6-24(4)35-29;1-21-15-22(2)17-26(16-21)32-19-24-6-7-27-29(18-24)37(20-28-30(39)8-5-23(3)33-28)31(35-27)34-25-9-12-36(13-10-25)11-4-14-38;1-2-4-5-3-1/h6-9,16-19,26,34,40H,5,10-15,20-21H2,1-4H3,(H,36,37);5-8,15-18,25,32,38-39H,4,9-14,19-20H2,1-3H3,(H,34,35);1-4H2. The van der Waals surface area contributed by atoms with Crippen molar-refractivity contribution in [2.75, 3.05) is 87.0 Å². The van der Waals surface area contributed by atoms with E-state index in [0.717, 1.165) is 152 Å². The lowest BCUT2D eigenvalue weighted by atomic mass is 10.1. The van der Waals surface area contributed by atoms with Crippen LogP contribution < -0.4 is 21.3 Å². The molecule has 4 aromatic carbocycles. The maximum atomic E-state index is 11.8. The average molecular weight is 1170 g/mol. The van der Waals surface area contributed by atoms with Crippen molar-refractivity contribution in [2.45, 2.75) is 138 Å². The molecule has 3 saturated heterocycles. The number of anilines is 4. The average Bonchev–Trinajstić information content (AvgIpc) is 2.97. The molecular weight excluding hydrogens is 1080 g/mol. The summed E-state index contributed by atoms with van der Waals surface area (Å²) < 4.78 is 14.3. The van der Waals surface area contributed by atoms with Gasteiger partial charge >= 0.3 is 5.97 Å². The maximum absolute atomic E-state index is 11.8. The molecule has 4 aromatic heterocycles. The van der Waals surface area contributed by atoms with Crippen molar-refractivity contribution in [1.82, 2.24) is 38.9 Å². The maximum Gasteiger partial charge on any atom is 0.307 e. The normalized spacial score (nSPS) is 15.0. The second-order valence-electron chi connectivity index (χ2n) is 23.5. The van der Waals surface area contributed by atoms with Crippen molar-refractivity contribution in [3.8, 4) is 11.5 Å². The van der Waals surface area contributed by atoms with Crippen LogP contribution in [0.2, 0.25) is 0 Å². The Hall–Kier alpha value is -7.77. The Morgan fingerprint density at radius 3 is 1.43 bits per heavy atom. The number of nitrogens with one attached hydrogen (secondary N) is 4. The van der Waals surface area contributed by atoms with Gasteiger partial charge in [0.1, 0.15) is 22.9 Å². The Bertz CT molecular complexity index is 3460. The summed E-state index contributed by atoms with van der Waals surface area (Å²) in [6.45, 7) is 24.5. The summed E-state index contributed by atoms with van der Waals surface area (Å²) in [5.74, 6) is 1.82. The quantitative estimate of drug-likeness (QED) is 0.0334. The molecular formula is C68H90N12O6. The number of carbonyl (C=O) groups is 1. The SMILES string of the molecule is C1CCOC1.CCOC(=O)CCN1CCC(Nc2nc3ccc(CNc4cc(C)cc(C)c4)cc3n2Cc2nc(C)ccc2O)CC1.Cc1cc(C)cc(NCc2ccc3nc(NC4CCN(CCCO)CC4)n(Cc4nc(C)ccc4O)c3c2)c1. The number of nitrogens with zero attached hydrogens (tertiary/aromatic N) is 8. The van der Waals surface area contributed by atoms with Crippen molar-refractivity contribution in [1.29, 1.82) is 0 Å². The van der Waals surface area contributed by atoms with Gasteiger partial charge in [0.15, 0.2) is 0 Å². The smallest absolute Gasteiger partial charge is 0.307 e. The molecule has 18 heteroatoms. The molecule has 0 amide bonds. The fourth-order valence-corrected chi connectivity index (χ4v) is 11.7. The molecule has 458 valence electrons. The lowest BCUT2D eigenvalue weighted by Crippen LogP contribution is -2.40. The minimum absolute atomic E-state index is 0.136. The lowest BCUT2D eigenvalue weighted by Gasteiger charge is -2.32. The highest BCUT2D eigenvalue weighted by atomic mass is 16.5. The minimum atomic E-state index is -0.136. The van der Waals surface area contributed by atoms with Crippen LogP contribution >= 0.6 is 0 Å². The molecule has 0 unspecified atom stereocenters. The first-order chi connectivity index (χ1) is 41.6. The van der Waals surface area contributed by atoms with Crippen LogP contribution in [0.3, 0.4) is 0 Å². The van der Waals surface area contributed by atoms with Crippen molar-refractivity contribution in [3.05, 3.63) is 153 Å². The van der Waals surface area contributed by atoms with Gasteiger partial charge < -0.3 is 65.0 Å². The molecule has 0 bridgehead atoms. The van der Waals surface area contributed by atoms with E-state index in [9.17, 15) is 15.0 Å². The van der Waals surface area contributed by atoms with Crippen molar-refractivity contribution in [2.24, 2.45) is 0 Å². The highest BCUT2D eigenvalue weighted by molar-refractivity contribution is 5.81. The molecule has 7 N–H and O–H groups in total. The van der Waals surface area contributed by atoms with E-state index in [1.54, 1.807) is 12.1 Å². The number of rotatable bonds is 21. The fourth-order valence-electron chi connectivity index (χ4n) is 11.7. The van der Waals surface area contributed by atoms with Gasteiger partial charge in [0, 0.05) is 107 Å². The number of carbonyl (C=O) groups excluding carboxylic acids is 1. The van der Waals surface area contributed by atoms with Crippen LogP contribution in [0.15, 0.2) is 97.1 Å². The van der Waals surface area contributed by atoms with Gasteiger partial charge in [-0.25, -0.2) is 9.97 Å². The van der Waals surface area contributed by atoms with Crippen LogP contribution in [-0.2, 0) is 40.4 Å². The van der Waals surface area contributed by atoms with Gasteiger partial charge in [-0.3, -0.25) is 14.8 Å². The van der Waals surface area contributed by atoms with E-state index >= 15 is 0 Å². The second-order valence-corrected chi connectivity index (χ2v) is 23.5. The van der Waals surface area contributed by atoms with Crippen LogP contribution in [0.25, 0.3) is 22.1 Å². The van der Waals surface area contributed by atoms with E-state index in [1.165, 1.54) is 35.1 Å². The number of esters is 1. The summed E-state index contributed by atoms with van der Waals surface area (Å²) >= 11 is 0. The summed E-state index contributed by atoms with van der Waals surface area (Å²) in [6.07, 6.45) is 7.74. The Kier molecular flexibility index (Phi) is 22.3. The Labute approximate surface area is 507 Å². The molecule has 0 atom stereocenters. The topological polar surface area (TPSA) is 212 Å². The molecule has 86 heavy (non-hydrogen) atoms. The van der Waals surface area contributed by atoms with E-state index in [2.05, 4.69) is 151 Å². The van der Waals surface area contributed by atoms with Crippen LogP contribution in [-0.4, -0.2) is 138 Å². The van der Waals surface area contributed by atoms with E-state index < -0.39 is 0 Å². The Morgan fingerprint density at radius 2 is 1.02 bits per heavy atom. The summed E-state index contributed by atoms with van der Waals surface area (Å²) in [5.41, 5.74) is 16.3. The van der Waals surface area contributed by atoms with Crippen LogP contribution in [0.1, 0.15) is 114 Å². The summed E-state index contributed by atoms with van der Waals surface area (Å²) in [5, 5.41) is 44.9. The lowest BCUT2D eigenvalue weighted by molar-refractivity contribution is -0.143. The molecule has 3 aliphatic rings. The number of hydrogen-bond donors (Lipinski definition) is 7. The first kappa shape index (κ1) is 62.8.